The van der Waals surface area contributed by atoms with Gasteiger partial charge in [0.15, 0.2) is 5.96 Å². The predicted octanol–water partition coefficient (Wildman–Crippen LogP) is 2.08. The van der Waals surface area contributed by atoms with Gasteiger partial charge in [0.25, 0.3) is 0 Å². The molecule has 1 aromatic heterocycles. The molecule has 2 N–H and O–H groups in total. The minimum atomic E-state index is -3.11. The number of nitrogens with one attached hydrogen (secondary N) is 2. The molecule has 24 heavy (non-hydrogen) atoms. The van der Waals surface area contributed by atoms with Gasteiger partial charge in [0, 0.05) is 38.6 Å². The third kappa shape index (κ3) is 7.63. The molecule has 0 aliphatic heterocycles. The SMILES string of the molecule is CCNC(=NCC(C)c1ccsc1)NCCCN(CC)S(C)(=O)=O. The van der Waals surface area contributed by atoms with Crippen molar-refractivity contribution in [2.45, 2.75) is 33.1 Å². The largest absolute Gasteiger partial charge is 0.357 e. The lowest BCUT2D eigenvalue weighted by atomic mass is 10.1. The van der Waals surface area contributed by atoms with Gasteiger partial charge in [-0.1, -0.05) is 13.8 Å². The molecular formula is C16H30N4O2S2. The Kier molecular flexibility index (Phi) is 9.31. The Hall–Kier alpha value is -1.12. The first-order valence-electron chi connectivity index (χ1n) is 8.37. The van der Waals surface area contributed by atoms with E-state index in [1.54, 1.807) is 11.3 Å². The molecule has 0 aliphatic rings. The van der Waals surface area contributed by atoms with Crippen molar-refractivity contribution >= 4 is 27.3 Å². The second-order valence-electron chi connectivity index (χ2n) is 5.71. The van der Waals surface area contributed by atoms with Crippen LogP contribution < -0.4 is 10.6 Å². The summed E-state index contributed by atoms with van der Waals surface area (Å²) < 4.78 is 24.6. The number of aliphatic imine (C=N–C) groups is 1. The summed E-state index contributed by atoms with van der Waals surface area (Å²) in [5.41, 5.74) is 1.31. The molecule has 6 nitrogen and oxygen atoms in total. The van der Waals surface area contributed by atoms with E-state index in [1.165, 1.54) is 16.1 Å². The lowest BCUT2D eigenvalue weighted by Crippen LogP contribution is -2.39. The minimum Gasteiger partial charge on any atom is -0.357 e. The summed E-state index contributed by atoms with van der Waals surface area (Å²) in [6.07, 6.45) is 1.99. The van der Waals surface area contributed by atoms with E-state index in [2.05, 4.69) is 39.4 Å². The van der Waals surface area contributed by atoms with E-state index >= 15 is 0 Å². The van der Waals surface area contributed by atoms with E-state index in [1.807, 2.05) is 13.8 Å². The average molecular weight is 375 g/mol. The molecular weight excluding hydrogens is 344 g/mol. The van der Waals surface area contributed by atoms with E-state index in [-0.39, 0.29) is 0 Å². The molecule has 1 unspecified atom stereocenters. The first-order chi connectivity index (χ1) is 11.4. The van der Waals surface area contributed by atoms with Crippen LogP contribution in [0.25, 0.3) is 0 Å². The highest BCUT2D eigenvalue weighted by Crippen LogP contribution is 2.18. The van der Waals surface area contributed by atoms with Gasteiger partial charge in [0.1, 0.15) is 0 Å². The summed E-state index contributed by atoms with van der Waals surface area (Å²) >= 11 is 1.70. The second-order valence-corrected chi connectivity index (χ2v) is 8.47. The zero-order valence-electron chi connectivity index (χ0n) is 15.1. The second kappa shape index (κ2) is 10.7. The maximum absolute atomic E-state index is 11.6. The number of sulfonamides is 1. The molecule has 1 atom stereocenters. The van der Waals surface area contributed by atoms with Gasteiger partial charge in [-0.15, -0.1) is 0 Å². The molecule has 0 bridgehead atoms. The molecule has 1 heterocycles. The Bertz CT molecular complexity index is 585. The fourth-order valence-corrected chi connectivity index (χ4v) is 3.96. The Balaban J connectivity index is 2.44. The van der Waals surface area contributed by atoms with Crippen LogP contribution in [0.3, 0.4) is 0 Å². The van der Waals surface area contributed by atoms with Crippen molar-refractivity contribution in [3.8, 4) is 0 Å². The summed E-state index contributed by atoms with van der Waals surface area (Å²) in [7, 11) is -3.11. The van der Waals surface area contributed by atoms with Crippen LogP contribution in [0, 0.1) is 0 Å². The van der Waals surface area contributed by atoms with Crippen LogP contribution in [-0.2, 0) is 10.0 Å². The fraction of sp³-hybridized carbons (Fsp3) is 0.688. The molecule has 0 radical (unpaired) electrons. The fourth-order valence-electron chi connectivity index (χ4n) is 2.25. The predicted molar refractivity (Wildman–Crippen MR) is 103 cm³/mol. The van der Waals surface area contributed by atoms with Crippen LogP contribution in [-0.4, -0.2) is 57.7 Å². The number of guanidine groups is 1. The number of hydrogen-bond donors (Lipinski definition) is 2. The van der Waals surface area contributed by atoms with Crippen LogP contribution in [0.1, 0.15) is 38.7 Å². The average Bonchev–Trinajstić information content (AvgIpc) is 3.05. The van der Waals surface area contributed by atoms with Gasteiger partial charge < -0.3 is 10.6 Å². The molecule has 0 amide bonds. The lowest BCUT2D eigenvalue weighted by Gasteiger charge is -2.18. The summed E-state index contributed by atoms with van der Waals surface area (Å²) in [5, 5.41) is 10.7. The maximum Gasteiger partial charge on any atom is 0.211 e. The monoisotopic (exact) mass is 374 g/mol. The highest BCUT2D eigenvalue weighted by molar-refractivity contribution is 7.88. The highest BCUT2D eigenvalue weighted by Gasteiger charge is 2.13. The molecule has 1 rings (SSSR count). The topological polar surface area (TPSA) is 73.8 Å². The number of hydrogen-bond acceptors (Lipinski definition) is 4. The Morgan fingerprint density at radius 1 is 1.38 bits per heavy atom. The van der Waals surface area contributed by atoms with Crippen LogP contribution in [0.5, 0.6) is 0 Å². The zero-order chi connectivity index (χ0) is 18.0. The third-order valence-electron chi connectivity index (χ3n) is 3.68. The van der Waals surface area contributed by atoms with Crippen LogP contribution in [0.2, 0.25) is 0 Å². The van der Waals surface area contributed by atoms with Crippen molar-refractivity contribution in [3.63, 3.8) is 0 Å². The Labute approximate surface area is 150 Å². The first-order valence-corrected chi connectivity index (χ1v) is 11.2. The number of rotatable bonds is 10. The maximum atomic E-state index is 11.6. The van der Waals surface area contributed by atoms with Crippen molar-refractivity contribution in [1.29, 1.82) is 0 Å². The van der Waals surface area contributed by atoms with Crippen molar-refractivity contribution in [3.05, 3.63) is 22.4 Å². The first kappa shape index (κ1) is 20.9. The normalized spacial score (nSPS) is 14.0. The van der Waals surface area contributed by atoms with Gasteiger partial charge in [0.05, 0.1) is 6.26 Å². The highest BCUT2D eigenvalue weighted by atomic mass is 32.2. The Morgan fingerprint density at radius 3 is 2.67 bits per heavy atom. The van der Waals surface area contributed by atoms with E-state index in [9.17, 15) is 8.42 Å². The van der Waals surface area contributed by atoms with E-state index < -0.39 is 10.0 Å². The molecule has 0 fully saturated rings. The molecule has 0 saturated carbocycles. The molecule has 138 valence electrons. The van der Waals surface area contributed by atoms with Gasteiger partial charge in [0.2, 0.25) is 10.0 Å². The zero-order valence-corrected chi connectivity index (χ0v) is 16.7. The molecule has 0 aromatic carbocycles. The Morgan fingerprint density at radius 2 is 2.12 bits per heavy atom. The summed E-state index contributed by atoms with van der Waals surface area (Å²) in [6, 6.07) is 2.13. The van der Waals surface area contributed by atoms with E-state index in [4.69, 9.17) is 0 Å². The smallest absolute Gasteiger partial charge is 0.211 e. The number of nitrogens with zero attached hydrogens (tertiary/aromatic N) is 2. The molecule has 0 aliphatic carbocycles. The van der Waals surface area contributed by atoms with Gasteiger partial charge in [-0.2, -0.15) is 11.3 Å². The minimum absolute atomic E-state index is 0.382. The molecule has 1 aromatic rings. The van der Waals surface area contributed by atoms with Gasteiger partial charge >= 0.3 is 0 Å². The van der Waals surface area contributed by atoms with Gasteiger partial charge in [-0.25, -0.2) is 12.7 Å². The van der Waals surface area contributed by atoms with Crippen LogP contribution in [0.15, 0.2) is 21.8 Å². The molecule has 0 spiro atoms. The lowest BCUT2D eigenvalue weighted by molar-refractivity contribution is 0.424. The quantitative estimate of drug-likeness (QED) is 0.374. The summed E-state index contributed by atoms with van der Waals surface area (Å²) in [5.74, 6) is 1.16. The standard InChI is InChI=1S/C16H30N4O2S2/c1-5-17-16(19-12-14(3)15-8-11-23-13-15)18-9-7-10-20(6-2)24(4,21)22/h8,11,13-14H,5-7,9-10,12H2,1-4H3,(H2,17,18,19). The van der Waals surface area contributed by atoms with Gasteiger partial charge in [-0.3, -0.25) is 4.99 Å². The molecule has 8 heteroatoms. The van der Waals surface area contributed by atoms with E-state index in [0.29, 0.717) is 25.6 Å². The van der Waals surface area contributed by atoms with Crippen molar-refractivity contribution in [1.82, 2.24) is 14.9 Å². The summed E-state index contributed by atoms with van der Waals surface area (Å²) in [6.45, 7) is 9.27. The van der Waals surface area contributed by atoms with E-state index in [0.717, 1.165) is 25.5 Å². The van der Waals surface area contributed by atoms with Crippen molar-refractivity contribution in [2.75, 3.05) is 39.0 Å². The molecule has 0 saturated heterocycles. The van der Waals surface area contributed by atoms with Crippen LogP contribution in [0.4, 0.5) is 0 Å². The van der Waals surface area contributed by atoms with Crippen molar-refractivity contribution < 1.29 is 8.42 Å². The summed E-state index contributed by atoms with van der Waals surface area (Å²) in [4.78, 5) is 4.62. The van der Waals surface area contributed by atoms with Crippen molar-refractivity contribution in [2.24, 2.45) is 4.99 Å². The van der Waals surface area contributed by atoms with Crippen LogP contribution >= 0.6 is 11.3 Å². The number of thiophene rings is 1. The van der Waals surface area contributed by atoms with Gasteiger partial charge in [-0.05, 0) is 35.7 Å². The third-order valence-corrected chi connectivity index (χ3v) is 5.76.